The van der Waals surface area contributed by atoms with Gasteiger partial charge in [0.15, 0.2) is 0 Å². The fourth-order valence-electron chi connectivity index (χ4n) is 1.68. The van der Waals surface area contributed by atoms with Gasteiger partial charge in [0.2, 0.25) is 17.5 Å². The Labute approximate surface area is 109 Å². The van der Waals surface area contributed by atoms with Gasteiger partial charge in [0, 0.05) is 17.5 Å². The number of fused-ring (bicyclic) bond motifs is 1. The standard InChI is InChI=1S/C13H10ClNO3/c1-2-9(16)15-11-10(14)12(17)7-5-3-4-6-8(7)13(11)18/h3-6H,2H2,1H3,(H,15,16). The van der Waals surface area contributed by atoms with Crippen LogP contribution in [0.3, 0.4) is 0 Å². The van der Waals surface area contributed by atoms with Gasteiger partial charge >= 0.3 is 0 Å². The molecule has 0 heterocycles. The summed E-state index contributed by atoms with van der Waals surface area (Å²) < 4.78 is 0. The molecular formula is C13H10ClNO3. The second-order valence-electron chi connectivity index (χ2n) is 3.79. The predicted octanol–water partition coefficient (Wildman–Crippen LogP) is 2.04. The van der Waals surface area contributed by atoms with E-state index in [1.165, 1.54) is 12.1 Å². The van der Waals surface area contributed by atoms with Crippen LogP contribution in [0.4, 0.5) is 0 Å². The summed E-state index contributed by atoms with van der Waals surface area (Å²) in [5.74, 6) is -1.24. The number of carbonyl (C=O) groups excluding carboxylic acids is 3. The van der Waals surface area contributed by atoms with Gasteiger partial charge in [-0.3, -0.25) is 14.4 Å². The number of hydrogen-bond acceptors (Lipinski definition) is 3. The molecule has 4 nitrogen and oxygen atoms in total. The van der Waals surface area contributed by atoms with Crippen LogP contribution in [-0.2, 0) is 4.79 Å². The van der Waals surface area contributed by atoms with Crippen molar-refractivity contribution in [3.63, 3.8) is 0 Å². The number of amides is 1. The fraction of sp³-hybridized carbons (Fsp3) is 0.154. The maximum Gasteiger partial charge on any atom is 0.224 e. The molecule has 0 atom stereocenters. The number of halogens is 1. The first-order valence-corrected chi connectivity index (χ1v) is 5.82. The highest BCUT2D eigenvalue weighted by Gasteiger charge is 2.31. The molecule has 0 aromatic heterocycles. The van der Waals surface area contributed by atoms with Crippen LogP contribution in [0.15, 0.2) is 35.0 Å². The van der Waals surface area contributed by atoms with Gasteiger partial charge in [0.05, 0.1) is 0 Å². The Morgan fingerprint density at radius 1 is 1.17 bits per heavy atom. The van der Waals surface area contributed by atoms with Gasteiger partial charge < -0.3 is 5.32 Å². The minimum absolute atomic E-state index is 0.132. The smallest absolute Gasteiger partial charge is 0.224 e. The lowest BCUT2D eigenvalue weighted by Gasteiger charge is -2.17. The zero-order valence-corrected chi connectivity index (χ0v) is 10.4. The third-order valence-electron chi connectivity index (χ3n) is 2.65. The Hall–Kier alpha value is -1.94. The first-order chi connectivity index (χ1) is 8.56. The van der Waals surface area contributed by atoms with Crippen molar-refractivity contribution in [2.45, 2.75) is 13.3 Å². The van der Waals surface area contributed by atoms with E-state index in [9.17, 15) is 14.4 Å². The number of rotatable bonds is 2. The fourth-order valence-corrected chi connectivity index (χ4v) is 1.92. The summed E-state index contributed by atoms with van der Waals surface area (Å²) in [7, 11) is 0. The minimum Gasteiger partial charge on any atom is -0.321 e. The van der Waals surface area contributed by atoms with E-state index in [-0.39, 0.29) is 34.2 Å². The van der Waals surface area contributed by atoms with Crippen molar-refractivity contribution in [2.75, 3.05) is 0 Å². The van der Waals surface area contributed by atoms with Gasteiger partial charge in [0.1, 0.15) is 10.7 Å². The molecule has 5 heteroatoms. The molecule has 1 aromatic carbocycles. The lowest BCUT2D eigenvalue weighted by atomic mass is 9.92. The van der Waals surface area contributed by atoms with E-state index >= 15 is 0 Å². The Bertz CT molecular complexity index is 590. The van der Waals surface area contributed by atoms with Gasteiger partial charge in [-0.1, -0.05) is 42.8 Å². The monoisotopic (exact) mass is 263 g/mol. The van der Waals surface area contributed by atoms with E-state index in [4.69, 9.17) is 11.6 Å². The van der Waals surface area contributed by atoms with Gasteiger partial charge in [-0.25, -0.2) is 0 Å². The third kappa shape index (κ3) is 1.95. The molecule has 2 rings (SSSR count). The maximum atomic E-state index is 12.1. The van der Waals surface area contributed by atoms with Crippen LogP contribution in [0.2, 0.25) is 0 Å². The van der Waals surface area contributed by atoms with Crippen LogP contribution < -0.4 is 5.32 Å². The minimum atomic E-state index is -0.446. The molecule has 0 radical (unpaired) electrons. The van der Waals surface area contributed by atoms with Crippen LogP contribution in [0.25, 0.3) is 0 Å². The second kappa shape index (κ2) is 4.74. The quantitative estimate of drug-likeness (QED) is 0.888. The molecule has 0 saturated carbocycles. The molecule has 0 bridgehead atoms. The summed E-state index contributed by atoms with van der Waals surface area (Å²) in [5, 5.41) is 2.14. The summed E-state index contributed by atoms with van der Waals surface area (Å²) in [4.78, 5) is 35.4. The van der Waals surface area contributed by atoms with Crippen LogP contribution in [0.5, 0.6) is 0 Å². The van der Waals surface area contributed by atoms with Crippen molar-refractivity contribution < 1.29 is 14.4 Å². The van der Waals surface area contributed by atoms with E-state index in [0.29, 0.717) is 0 Å². The number of allylic oxidation sites excluding steroid dienone is 2. The Morgan fingerprint density at radius 3 is 2.28 bits per heavy atom. The summed E-state index contributed by atoms with van der Waals surface area (Å²) in [6.07, 6.45) is 0.205. The summed E-state index contributed by atoms with van der Waals surface area (Å²) in [5.41, 5.74) is 0.396. The highest BCUT2D eigenvalue weighted by Crippen LogP contribution is 2.27. The van der Waals surface area contributed by atoms with Crippen molar-refractivity contribution in [3.05, 3.63) is 46.1 Å². The molecule has 1 aliphatic rings. The van der Waals surface area contributed by atoms with Crippen molar-refractivity contribution >= 4 is 29.1 Å². The molecule has 0 spiro atoms. The number of ketones is 2. The van der Waals surface area contributed by atoms with Crippen LogP contribution in [-0.4, -0.2) is 17.5 Å². The SMILES string of the molecule is CCC(=O)NC1=C(Cl)C(=O)c2ccccc2C1=O. The molecule has 1 N–H and O–H groups in total. The van der Waals surface area contributed by atoms with E-state index in [0.717, 1.165) is 0 Å². The van der Waals surface area contributed by atoms with Gasteiger partial charge in [0.25, 0.3) is 0 Å². The Kier molecular flexibility index (Phi) is 3.30. The predicted molar refractivity (Wildman–Crippen MR) is 66.4 cm³/mol. The van der Waals surface area contributed by atoms with Gasteiger partial charge in [-0.15, -0.1) is 0 Å². The first kappa shape index (κ1) is 12.5. The lowest BCUT2D eigenvalue weighted by molar-refractivity contribution is -0.120. The first-order valence-electron chi connectivity index (χ1n) is 5.44. The lowest BCUT2D eigenvalue weighted by Crippen LogP contribution is -2.32. The summed E-state index contributed by atoms with van der Waals surface area (Å²) in [6, 6.07) is 6.39. The van der Waals surface area contributed by atoms with E-state index in [1.54, 1.807) is 19.1 Å². The van der Waals surface area contributed by atoms with Crippen molar-refractivity contribution in [3.8, 4) is 0 Å². The van der Waals surface area contributed by atoms with Crippen molar-refractivity contribution in [1.82, 2.24) is 5.32 Å². The Balaban J connectivity index is 2.50. The molecule has 1 aromatic rings. The molecule has 92 valence electrons. The van der Waals surface area contributed by atoms with E-state index in [2.05, 4.69) is 5.32 Å². The molecule has 1 aliphatic carbocycles. The largest absolute Gasteiger partial charge is 0.321 e. The molecule has 0 aliphatic heterocycles. The van der Waals surface area contributed by atoms with Crippen LogP contribution in [0, 0.1) is 0 Å². The van der Waals surface area contributed by atoms with Crippen molar-refractivity contribution in [2.24, 2.45) is 0 Å². The molecule has 0 unspecified atom stereocenters. The maximum absolute atomic E-state index is 12.1. The number of Topliss-reactive ketones (excluding diaryl/α,β-unsaturated/α-hetero) is 2. The topological polar surface area (TPSA) is 63.2 Å². The average molecular weight is 264 g/mol. The highest BCUT2D eigenvalue weighted by atomic mass is 35.5. The average Bonchev–Trinajstić information content (AvgIpc) is 2.40. The summed E-state index contributed by atoms with van der Waals surface area (Å²) >= 11 is 5.85. The van der Waals surface area contributed by atoms with E-state index in [1.807, 2.05) is 0 Å². The number of nitrogens with one attached hydrogen (secondary N) is 1. The molecule has 18 heavy (non-hydrogen) atoms. The van der Waals surface area contributed by atoms with Gasteiger partial charge in [-0.05, 0) is 0 Å². The van der Waals surface area contributed by atoms with Crippen LogP contribution >= 0.6 is 11.6 Å². The van der Waals surface area contributed by atoms with Crippen LogP contribution in [0.1, 0.15) is 34.1 Å². The zero-order chi connectivity index (χ0) is 13.3. The molecule has 1 amide bonds. The third-order valence-corrected chi connectivity index (χ3v) is 3.01. The molecule has 0 saturated heterocycles. The van der Waals surface area contributed by atoms with Crippen molar-refractivity contribution in [1.29, 1.82) is 0 Å². The second-order valence-corrected chi connectivity index (χ2v) is 4.17. The highest BCUT2D eigenvalue weighted by molar-refractivity contribution is 6.50. The normalized spacial score (nSPS) is 14.6. The summed E-state index contributed by atoms with van der Waals surface area (Å²) in [6.45, 7) is 1.65. The molecule has 0 fully saturated rings. The zero-order valence-electron chi connectivity index (χ0n) is 9.62. The van der Waals surface area contributed by atoms with Gasteiger partial charge in [-0.2, -0.15) is 0 Å². The number of benzene rings is 1. The molecular weight excluding hydrogens is 254 g/mol. The van der Waals surface area contributed by atoms with E-state index < -0.39 is 11.6 Å². The number of carbonyl (C=O) groups is 3. The number of hydrogen-bond donors (Lipinski definition) is 1. The Morgan fingerprint density at radius 2 is 1.72 bits per heavy atom.